The number of hydrogen-bond donors (Lipinski definition) is 0. The minimum Gasteiger partial charge on any atom is -0.462 e. The number of fused-ring (bicyclic) bond motifs is 2. The van der Waals surface area contributed by atoms with E-state index in [9.17, 15) is 14.4 Å². The summed E-state index contributed by atoms with van der Waals surface area (Å²) in [6, 6.07) is 0. The molecule has 0 aromatic rings. The summed E-state index contributed by atoms with van der Waals surface area (Å²) in [5.74, 6) is -0.291. The quantitative estimate of drug-likeness (QED) is 0.282. The largest absolute Gasteiger partial charge is 0.462 e. The average molecular weight is 467 g/mol. The van der Waals surface area contributed by atoms with Gasteiger partial charge in [-0.15, -0.1) is 0 Å². The fraction of sp³-hybridized carbons (Fsp3) is 0.885. The minimum atomic E-state index is -0.540. The summed E-state index contributed by atoms with van der Waals surface area (Å²) in [6.07, 6.45) is 5.19. The summed E-state index contributed by atoms with van der Waals surface area (Å²) >= 11 is 0. The molecule has 7 heteroatoms. The van der Waals surface area contributed by atoms with Crippen molar-refractivity contribution in [2.75, 3.05) is 19.8 Å². The SMILES string of the molecule is CCC1CC2CC(OCC(=O)OCCOC(=O)C3(CC(C)(C)C)CC3C)(C1)CC(C)OC2=O. The topological polar surface area (TPSA) is 88.1 Å². The van der Waals surface area contributed by atoms with Crippen molar-refractivity contribution in [1.29, 1.82) is 0 Å². The second kappa shape index (κ2) is 9.93. The monoisotopic (exact) mass is 466 g/mol. The molecular weight excluding hydrogens is 424 g/mol. The van der Waals surface area contributed by atoms with Crippen molar-refractivity contribution in [1.82, 2.24) is 0 Å². The van der Waals surface area contributed by atoms with Gasteiger partial charge in [0.05, 0.1) is 16.9 Å². The van der Waals surface area contributed by atoms with Crippen molar-refractivity contribution in [2.45, 2.75) is 98.2 Å². The molecule has 1 heterocycles. The third-order valence-corrected chi connectivity index (χ3v) is 7.57. The van der Waals surface area contributed by atoms with Crippen LogP contribution in [0.2, 0.25) is 0 Å². The first-order chi connectivity index (χ1) is 15.4. The van der Waals surface area contributed by atoms with Crippen molar-refractivity contribution in [3.63, 3.8) is 0 Å². The average Bonchev–Trinajstić information content (AvgIpc) is 3.38. The van der Waals surface area contributed by atoms with Gasteiger partial charge in [-0.1, -0.05) is 41.0 Å². The maximum Gasteiger partial charge on any atom is 0.332 e. The maximum atomic E-state index is 12.6. The highest BCUT2D eigenvalue weighted by atomic mass is 16.6. The van der Waals surface area contributed by atoms with E-state index in [1.807, 2.05) is 6.92 Å². The molecule has 33 heavy (non-hydrogen) atoms. The van der Waals surface area contributed by atoms with E-state index in [0.717, 1.165) is 32.1 Å². The fourth-order valence-corrected chi connectivity index (χ4v) is 6.05. The van der Waals surface area contributed by atoms with Crippen LogP contribution in [-0.2, 0) is 33.3 Å². The second-order valence-corrected chi connectivity index (χ2v) is 11.9. The van der Waals surface area contributed by atoms with Crippen molar-refractivity contribution >= 4 is 17.9 Å². The summed E-state index contributed by atoms with van der Waals surface area (Å²) < 4.78 is 22.4. The molecule has 3 aliphatic rings. The molecule has 188 valence electrons. The first-order valence-corrected chi connectivity index (χ1v) is 12.6. The fourth-order valence-electron chi connectivity index (χ4n) is 6.05. The number of esters is 3. The van der Waals surface area contributed by atoms with Gasteiger partial charge in [0.2, 0.25) is 0 Å². The molecule has 0 spiro atoms. The highest BCUT2D eigenvalue weighted by Crippen LogP contribution is 2.59. The molecular formula is C26H42O7. The Morgan fingerprint density at radius 2 is 1.73 bits per heavy atom. The maximum absolute atomic E-state index is 12.6. The van der Waals surface area contributed by atoms with E-state index in [-0.39, 0.29) is 49.2 Å². The Labute approximate surface area is 198 Å². The number of cyclic esters (lactones) is 1. The van der Waals surface area contributed by atoms with Gasteiger partial charge in [-0.05, 0) is 56.3 Å². The van der Waals surface area contributed by atoms with Crippen LogP contribution in [0, 0.1) is 28.6 Å². The standard InChI is InChI=1S/C26H42O7/c1-7-19-10-20-14-25(13-19,12-18(3)33-22(20)28)32-15-21(27)30-8-9-31-23(29)26(11-17(26)2)16-24(4,5)6/h17-20H,7-16H2,1-6H3. The van der Waals surface area contributed by atoms with Gasteiger partial charge < -0.3 is 18.9 Å². The number of carbonyl (C=O) groups is 3. The smallest absolute Gasteiger partial charge is 0.332 e. The molecule has 0 N–H and O–H groups in total. The first kappa shape index (κ1) is 26.0. The zero-order valence-corrected chi connectivity index (χ0v) is 21.2. The van der Waals surface area contributed by atoms with E-state index in [1.165, 1.54) is 0 Å². The molecule has 1 aliphatic heterocycles. The third kappa shape index (κ3) is 6.49. The Balaban J connectivity index is 1.44. The van der Waals surface area contributed by atoms with Crippen LogP contribution in [-0.4, -0.2) is 49.4 Å². The van der Waals surface area contributed by atoms with Gasteiger partial charge in [-0.3, -0.25) is 9.59 Å². The summed E-state index contributed by atoms with van der Waals surface area (Å²) in [5, 5.41) is 0. The van der Waals surface area contributed by atoms with E-state index in [4.69, 9.17) is 18.9 Å². The van der Waals surface area contributed by atoms with Crippen molar-refractivity contribution in [3.8, 4) is 0 Å². The number of hydrogen-bond acceptors (Lipinski definition) is 7. The summed E-state index contributed by atoms with van der Waals surface area (Å²) in [4.78, 5) is 37.3. The highest BCUT2D eigenvalue weighted by molar-refractivity contribution is 5.80. The summed E-state index contributed by atoms with van der Waals surface area (Å²) in [5.41, 5.74) is -0.886. The second-order valence-electron chi connectivity index (χ2n) is 11.9. The molecule has 2 aliphatic carbocycles. The molecule has 7 nitrogen and oxygen atoms in total. The molecule has 0 aromatic heterocycles. The van der Waals surface area contributed by atoms with E-state index < -0.39 is 17.0 Å². The lowest BCUT2D eigenvalue weighted by Gasteiger charge is -2.41. The summed E-state index contributed by atoms with van der Waals surface area (Å²) in [7, 11) is 0. The van der Waals surface area contributed by atoms with Crippen LogP contribution >= 0.6 is 0 Å². The molecule has 0 radical (unpaired) electrons. The number of rotatable bonds is 9. The van der Waals surface area contributed by atoms with Crippen LogP contribution in [0.4, 0.5) is 0 Å². The van der Waals surface area contributed by atoms with Crippen molar-refractivity contribution in [3.05, 3.63) is 0 Å². The Bertz CT molecular complexity index is 741. The van der Waals surface area contributed by atoms with Gasteiger partial charge in [0, 0.05) is 6.42 Å². The molecule has 2 bridgehead atoms. The van der Waals surface area contributed by atoms with Gasteiger partial charge in [0.1, 0.15) is 25.9 Å². The van der Waals surface area contributed by atoms with Gasteiger partial charge in [0.15, 0.2) is 0 Å². The van der Waals surface area contributed by atoms with Crippen LogP contribution in [0.25, 0.3) is 0 Å². The van der Waals surface area contributed by atoms with E-state index in [1.54, 1.807) is 0 Å². The molecule has 3 rings (SSSR count). The molecule has 1 saturated heterocycles. The van der Waals surface area contributed by atoms with Crippen LogP contribution in [0.3, 0.4) is 0 Å². The van der Waals surface area contributed by atoms with Crippen molar-refractivity contribution in [2.24, 2.45) is 28.6 Å². The Hall–Kier alpha value is -1.63. The van der Waals surface area contributed by atoms with E-state index in [0.29, 0.717) is 24.7 Å². The predicted molar refractivity (Wildman–Crippen MR) is 122 cm³/mol. The van der Waals surface area contributed by atoms with Gasteiger partial charge in [-0.2, -0.15) is 0 Å². The Kier molecular flexibility index (Phi) is 7.82. The molecule has 6 unspecified atom stereocenters. The minimum absolute atomic E-state index is 0.0130. The van der Waals surface area contributed by atoms with Crippen LogP contribution in [0.15, 0.2) is 0 Å². The zero-order chi connectivity index (χ0) is 24.4. The first-order valence-electron chi connectivity index (χ1n) is 12.6. The van der Waals surface area contributed by atoms with Gasteiger partial charge in [-0.25, -0.2) is 4.79 Å². The lowest BCUT2D eigenvalue weighted by atomic mass is 9.70. The number of ether oxygens (including phenoxy) is 4. The van der Waals surface area contributed by atoms with Crippen LogP contribution in [0.1, 0.15) is 86.5 Å². The Morgan fingerprint density at radius 1 is 1.06 bits per heavy atom. The Morgan fingerprint density at radius 3 is 2.33 bits per heavy atom. The summed E-state index contributed by atoms with van der Waals surface area (Å²) in [6.45, 7) is 12.3. The zero-order valence-electron chi connectivity index (χ0n) is 21.2. The normalized spacial score (nSPS) is 35.9. The van der Waals surface area contributed by atoms with Gasteiger partial charge in [0.25, 0.3) is 0 Å². The predicted octanol–water partition coefficient (Wildman–Crippen LogP) is 4.45. The molecule has 0 aromatic carbocycles. The van der Waals surface area contributed by atoms with Crippen LogP contribution < -0.4 is 0 Å². The molecule has 3 fully saturated rings. The lowest BCUT2D eigenvalue weighted by molar-refractivity contribution is -0.167. The lowest BCUT2D eigenvalue weighted by Crippen LogP contribution is -2.44. The third-order valence-electron chi connectivity index (χ3n) is 7.57. The molecule has 2 saturated carbocycles. The van der Waals surface area contributed by atoms with Crippen LogP contribution in [0.5, 0.6) is 0 Å². The molecule has 6 atom stereocenters. The van der Waals surface area contributed by atoms with Crippen molar-refractivity contribution < 1.29 is 33.3 Å². The highest BCUT2D eigenvalue weighted by Gasteiger charge is 2.59. The van der Waals surface area contributed by atoms with E-state index in [2.05, 4.69) is 34.6 Å². The van der Waals surface area contributed by atoms with Gasteiger partial charge >= 0.3 is 17.9 Å². The number of carbonyl (C=O) groups excluding carboxylic acids is 3. The molecule has 0 amide bonds. The van der Waals surface area contributed by atoms with E-state index >= 15 is 0 Å².